The molecule has 0 heterocycles. The van der Waals surface area contributed by atoms with E-state index >= 15 is 0 Å². The maximum Gasteiger partial charge on any atom is 0.325 e. The highest BCUT2D eigenvalue weighted by atomic mass is 16.6. The quantitative estimate of drug-likeness (QED) is 0.297. The molecule has 2 N–H and O–H groups in total. The van der Waals surface area contributed by atoms with E-state index in [2.05, 4.69) is 15.6 Å². The second-order valence-electron chi connectivity index (χ2n) is 6.96. The lowest BCUT2D eigenvalue weighted by atomic mass is 10.1. The molecule has 0 aliphatic rings. The zero-order chi connectivity index (χ0) is 20.3. The first-order chi connectivity index (χ1) is 12.8. The van der Waals surface area contributed by atoms with Crippen molar-refractivity contribution in [3.05, 3.63) is 23.8 Å². The lowest BCUT2D eigenvalue weighted by Gasteiger charge is -2.20. The summed E-state index contributed by atoms with van der Waals surface area (Å²) < 4.78 is 16.2. The summed E-state index contributed by atoms with van der Waals surface area (Å²) in [6.45, 7) is 8.88. The molecule has 1 aromatic carbocycles. The molecular formula is C20H33N3O4. The number of aryl methyl sites for hydroxylation is 1. The summed E-state index contributed by atoms with van der Waals surface area (Å²) in [5.41, 5.74) is 0.687. The van der Waals surface area contributed by atoms with Crippen LogP contribution in [0.3, 0.4) is 0 Å². The summed E-state index contributed by atoms with van der Waals surface area (Å²) >= 11 is 0. The maximum absolute atomic E-state index is 11.7. The van der Waals surface area contributed by atoms with Crippen molar-refractivity contribution in [2.24, 2.45) is 4.99 Å². The molecule has 0 aromatic heterocycles. The van der Waals surface area contributed by atoms with Gasteiger partial charge in [0, 0.05) is 13.6 Å². The Morgan fingerprint density at radius 1 is 1.19 bits per heavy atom. The smallest absolute Gasteiger partial charge is 0.325 e. The van der Waals surface area contributed by atoms with Crippen LogP contribution in [0.5, 0.6) is 11.5 Å². The summed E-state index contributed by atoms with van der Waals surface area (Å²) in [6.07, 6.45) is 1.80. The van der Waals surface area contributed by atoms with Crippen LogP contribution in [0.15, 0.2) is 23.2 Å². The average Bonchev–Trinajstić information content (AvgIpc) is 2.60. The molecule has 0 unspecified atom stereocenters. The summed E-state index contributed by atoms with van der Waals surface area (Å²) in [7, 11) is 3.31. The zero-order valence-corrected chi connectivity index (χ0v) is 17.3. The van der Waals surface area contributed by atoms with Crippen molar-refractivity contribution in [2.75, 3.05) is 33.9 Å². The highest BCUT2D eigenvalue weighted by Gasteiger charge is 2.16. The molecule has 7 nitrogen and oxygen atoms in total. The van der Waals surface area contributed by atoms with Crippen molar-refractivity contribution in [1.29, 1.82) is 0 Å². The van der Waals surface area contributed by atoms with Gasteiger partial charge in [0.05, 0.1) is 13.7 Å². The largest absolute Gasteiger partial charge is 0.493 e. The van der Waals surface area contributed by atoms with Crippen LogP contribution in [-0.4, -0.2) is 51.4 Å². The van der Waals surface area contributed by atoms with Crippen molar-refractivity contribution in [2.45, 2.75) is 46.1 Å². The second kappa shape index (κ2) is 11.3. The summed E-state index contributed by atoms with van der Waals surface area (Å²) in [6, 6.07) is 5.98. The Kier molecular flexibility index (Phi) is 9.47. The van der Waals surface area contributed by atoms with E-state index in [1.54, 1.807) is 14.2 Å². The molecule has 1 rings (SSSR count). The van der Waals surface area contributed by atoms with Crippen molar-refractivity contribution < 1.29 is 19.0 Å². The molecule has 7 heteroatoms. The Balaban J connectivity index is 2.39. The molecule has 1 aromatic rings. The molecule has 0 radical (unpaired) electrons. The van der Waals surface area contributed by atoms with Crippen LogP contribution in [0.4, 0.5) is 0 Å². The van der Waals surface area contributed by atoms with Crippen LogP contribution in [0.1, 0.15) is 39.7 Å². The highest BCUT2D eigenvalue weighted by Crippen LogP contribution is 2.28. The van der Waals surface area contributed by atoms with Crippen LogP contribution in [0.25, 0.3) is 0 Å². The van der Waals surface area contributed by atoms with Gasteiger partial charge in [-0.1, -0.05) is 6.07 Å². The number of ether oxygens (including phenoxy) is 3. The third kappa shape index (κ3) is 9.17. The number of aliphatic imine (C=N–C) groups is 1. The number of methoxy groups -OCH3 is 1. The number of nitrogens with one attached hydrogen (secondary N) is 2. The molecule has 0 bridgehead atoms. The Labute approximate surface area is 162 Å². The maximum atomic E-state index is 11.7. The highest BCUT2D eigenvalue weighted by molar-refractivity contribution is 5.84. The number of carbonyl (C=O) groups excluding carboxylic acids is 1. The van der Waals surface area contributed by atoms with Crippen LogP contribution < -0.4 is 20.1 Å². The number of hydrogen-bond acceptors (Lipinski definition) is 5. The first-order valence-corrected chi connectivity index (χ1v) is 9.25. The Morgan fingerprint density at radius 2 is 1.93 bits per heavy atom. The normalized spacial score (nSPS) is 11.7. The fraction of sp³-hybridized carbons (Fsp3) is 0.600. The Hall–Kier alpha value is -2.44. The fourth-order valence-corrected chi connectivity index (χ4v) is 2.40. The van der Waals surface area contributed by atoms with E-state index in [0.29, 0.717) is 12.6 Å². The predicted octanol–water partition coefficient (Wildman–Crippen LogP) is 2.53. The van der Waals surface area contributed by atoms with Crippen LogP contribution >= 0.6 is 0 Å². The topological polar surface area (TPSA) is 81.2 Å². The van der Waals surface area contributed by atoms with Gasteiger partial charge in [-0.15, -0.1) is 0 Å². The van der Waals surface area contributed by atoms with E-state index in [0.717, 1.165) is 30.9 Å². The fourth-order valence-electron chi connectivity index (χ4n) is 2.40. The molecular weight excluding hydrogens is 346 g/mol. The van der Waals surface area contributed by atoms with Gasteiger partial charge in [-0.05, 0) is 58.2 Å². The average molecular weight is 380 g/mol. The van der Waals surface area contributed by atoms with E-state index in [-0.39, 0.29) is 12.5 Å². The first-order valence-electron chi connectivity index (χ1n) is 9.25. The number of benzene rings is 1. The third-order valence-corrected chi connectivity index (χ3v) is 3.51. The molecule has 0 aliphatic heterocycles. The van der Waals surface area contributed by atoms with E-state index in [1.165, 1.54) is 5.56 Å². The van der Waals surface area contributed by atoms with E-state index in [4.69, 9.17) is 14.2 Å². The number of guanidine groups is 1. The van der Waals surface area contributed by atoms with Gasteiger partial charge in [-0.25, -0.2) is 0 Å². The van der Waals surface area contributed by atoms with Crippen molar-refractivity contribution in [3.8, 4) is 11.5 Å². The molecule has 0 saturated heterocycles. The van der Waals surface area contributed by atoms with E-state index < -0.39 is 5.60 Å². The third-order valence-electron chi connectivity index (χ3n) is 3.51. The Morgan fingerprint density at radius 3 is 2.52 bits per heavy atom. The molecule has 0 spiro atoms. The van der Waals surface area contributed by atoms with Gasteiger partial charge in [-0.3, -0.25) is 9.79 Å². The predicted molar refractivity (Wildman–Crippen MR) is 108 cm³/mol. The minimum absolute atomic E-state index is 0.0765. The van der Waals surface area contributed by atoms with Gasteiger partial charge in [0.15, 0.2) is 17.5 Å². The van der Waals surface area contributed by atoms with Gasteiger partial charge < -0.3 is 24.8 Å². The van der Waals surface area contributed by atoms with Gasteiger partial charge in [0.2, 0.25) is 0 Å². The molecule has 0 fully saturated rings. The minimum Gasteiger partial charge on any atom is -0.493 e. The standard InChI is InChI=1S/C20H33N3O4/c1-7-26-17-13-15(10-11-16(17)25-6)9-8-12-22-19(21-5)23-14-18(24)27-20(2,3)4/h10-11,13H,7-9,12,14H2,1-6H3,(H2,21,22,23). The van der Waals surface area contributed by atoms with Crippen LogP contribution in [-0.2, 0) is 16.0 Å². The zero-order valence-electron chi connectivity index (χ0n) is 17.3. The second-order valence-corrected chi connectivity index (χ2v) is 6.96. The minimum atomic E-state index is -0.492. The molecule has 27 heavy (non-hydrogen) atoms. The summed E-state index contributed by atoms with van der Waals surface area (Å²) in [5.74, 6) is 1.77. The molecule has 0 atom stereocenters. The monoisotopic (exact) mass is 379 g/mol. The number of carbonyl (C=O) groups is 1. The van der Waals surface area contributed by atoms with Crippen molar-refractivity contribution in [3.63, 3.8) is 0 Å². The van der Waals surface area contributed by atoms with Crippen LogP contribution in [0, 0.1) is 0 Å². The molecule has 152 valence electrons. The molecule has 0 amide bonds. The van der Waals surface area contributed by atoms with Gasteiger partial charge in [-0.2, -0.15) is 0 Å². The molecule has 0 aliphatic carbocycles. The summed E-state index contributed by atoms with van der Waals surface area (Å²) in [5, 5.41) is 6.15. The Bertz CT molecular complexity index is 624. The lowest BCUT2D eigenvalue weighted by molar-refractivity contribution is -0.153. The van der Waals surface area contributed by atoms with E-state index in [9.17, 15) is 4.79 Å². The van der Waals surface area contributed by atoms with Gasteiger partial charge in [0.25, 0.3) is 0 Å². The van der Waals surface area contributed by atoms with Crippen molar-refractivity contribution in [1.82, 2.24) is 10.6 Å². The summed E-state index contributed by atoms with van der Waals surface area (Å²) in [4.78, 5) is 15.9. The van der Waals surface area contributed by atoms with Crippen molar-refractivity contribution >= 4 is 11.9 Å². The van der Waals surface area contributed by atoms with Gasteiger partial charge >= 0.3 is 5.97 Å². The van der Waals surface area contributed by atoms with Gasteiger partial charge in [0.1, 0.15) is 12.1 Å². The number of hydrogen-bond donors (Lipinski definition) is 2. The number of nitrogens with zero attached hydrogens (tertiary/aromatic N) is 1. The van der Waals surface area contributed by atoms with E-state index in [1.807, 2.05) is 45.9 Å². The first kappa shape index (κ1) is 22.6. The SMILES string of the molecule is CCOc1cc(CCCNC(=NC)NCC(=O)OC(C)(C)C)ccc1OC. The number of esters is 1. The van der Waals surface area contributed by atoms with Crippen LogP contribution in [0.2, 0.25) is 0 Å². The molecule has 0 saturated carbocycles. The number of rotatable bonds is 9. The lowest BCUT2D eigenvalue weighted by Crippen LogP contribution is -2.42.